The smallest absolute Gasteiger partial charge is 0.0714 e. The lowest BCUT2D eigenvalue weighted by atomic mass is 9.68. The molecule has 0 aromatic heterocycles. The van der Waals surface area contributed by atoms with Gasteiger partial charge in [0.15, 0.2) is 0 Å². The Morgan fingerprint density at radius 3 is 1.50 bits per heavy atom. The zero-order valence-electron chi connectivity index (χ0n) is 32.0. The molecule has 0 spiro atoms. The van der Waals surface area contributed by atoms with Crippen molar-refractivity contribution in [3.8, 4) is 33.4 Å². The minimum atomic E-state index is -0.502. The highest BCUT2D eigenvalue weighted by atomic mass is 15.1. The molecule has 0 aliphatic heterocycles. The van der Waals surface area contributed by atoms with Crippen LogP contribution in [-0.2, 0) is 5.41 Å². The summed E-state index contributed by atoms with van der Waals surface area (Å²) in [6, 6.07) is 86.9. The van der Waals surface area contributed by atoms with Crippen molar-refractivity contribution in [3.05, 3.63) is 259 Å². The first-order valence-corrected chi connectivity index (χ1v) is 20.1. The van der Waals surface area contributed by atoms with E-state index in [1.165, 1.54) is 77.2 Å². The van der Waals surface area contributed by atoms with Gasteiger partial charge in [0, 0.05) is 16.8 Å². The van der Waals surface area contributed by atoms with Crippen LogP contribution in [0.4, 0.5) is 17.1 Å². The normalized spacial score (nSPS) is 12.6. The van der Waals surface area contributed by atoms with Gasteiger partial charge in [0.1, 0.15) is 0 Å². The monoisotopic (exact) mass is 737 g/mol. The molecule has 1 aliphatic carbocycles. The lowest BCUT2D eigenvalue weighted by Crippen LogP contribution is -2.28. The Balaban J connectivity index is 1.15. The number of fused-ring (bicyclic) bond motifs is 5. The molecule has 10 aromatic carbocycles. The zero-order valence-corrected chi connectivity index (χ0v) is 32.0. The molecule has 1 nitrogen and oxygen atoms in total. The van der Waals surface area contributed by atoms with Crippen molar-refractivity contribution in [2.24, 2.45) is 0 Å². The van der Waals surface area contributed by atoms with E-state index < -0.39 is 5.41 Å². The van der Waals surface area contributed by atoms with Gasteiger partial charge in [-0.2, -0.15) is 0 Å². The van der Waals surface area contributed by atoms with Gasteiger partial charge in [-0.3, -0.25) is 0 Å². The Morgan fingerprint density at radius 2 is 0.793 bits per heavy atom. The van der Waals surface area contributed by atoms with Crippen LogP contribution < -0.4 is 4.90 Å². The zero-order chi connectivity index (χ0) is 38.5. The molecule has 1 aliphatic rings. The summed E-state index contributed by atoms with van der Waals surface area (Å²) in [6.45, 7) is 0. The van der Waals surface area contributed by atoms with Gasteiger partial charge in [-0.05, 0) is 96.4 Å². The standard InChI is InChI=1S/C57H39N/c1-3-20-47(21-4-1)57(48-22-5-2-6-23-48)52-26-13-11-25-51(52)56-53(57)27-15-29-55(56)58(49-37-36-41-17-8-10-19-45(41)39-49)54-28-14-12-24-50(54)43-33-30-42(31-34-43)46-35-32-40-16-7-9-18-44(40)38-46/h1-39H. The van der Waals surface area contributed by atoms with E-state index in [0.29, 0.717) is 0 Å². The van der Waals surface area contributed by atoms with Crippen molar-refractivity contribution in [1.29, 1.82) is 0 Å². The Bertz CT molecular complexity index is 3070. The van der Waals surface area contributed by atoms with Crippen molar-refractivity contribution in [1.82, 2.24) is 0 Å². The van der Waals surface area contributed by atoms with Gasteiger partial charge in [-0.15, -0.1) is 0 Å². The van der Waals surface area contributed by atoms with Crippen molar-refractivity contribution >= 4 is 38.6 Å². The van der Waals surface area contributed by atoms with Gasteiger partial charge in [0.05, 0.1) is 16.8 Å². The molecule has 0 heterocycles. The number of benzene rings is 10. The summed E-state index contributed by atoms with van der Waals surface area (Å²) in [7, 11) is 0. The molecule has 0 radical (unpaired) electrons. The van der Waals surface area contributed by atoms with E-state index in [9.17, 15) is 0 Å². The third-order valence-corrected chi connectivity index (χ3v) is 12.1. The minimum Gasteiger partial charge on any atom is -0.309 e. The van der Waals surface area contributed by atoms with Gasteiger partial charge in [0.25, 0.3) is 0 Å². The largest absolute Gasteiger partial charge is 0.309 e. The number of nitrogens with zero attached hydrogens (tertiary/aromatic N) is 1. The molecule has 10 aromatic rings. The summed E-state index contributed by atoms with van der Waals surface area (Å²) >= 11 is 0. The number of para-hydroxylation sites is 1. The van der Waals surface area contributed by atoms with E-state index in [1.54, 1.807) is 0 Å². The van der Waals surface area contributed by atoms with E-state index in [-0.39, 0.29) is 0 Å². The van der Waals surface area contributed by atoms with Crippen LogP contribution in [0, 0.1) is 0 Å². The van der Waals surface area contributed by atoms with Crippen LogP contribution in [0.3, 0.4) is 0 Å². The van der Waals surface area contributed by atoms with Crippen LogP contribution >= 0.6 is 0 Å². The Hall–Kier alpha value is -7.48. The van der Waals surface area contributed by atoms with E-state index in [4.69, 9.17) is 0 Å². The van der Waals surface area contributed by atoms with Crippen molar-refractivity contribution in [3.63, 3.8) is 0 Å². The fourth-order valence-electron chi connectivity index (χ4n) is 9.51. The highest BCUT2D eigenvalue weighted by Crippen LogP contribution is 2.59. The van der Waals surface area contributed by atoms with E-state index in [1.807, 2.05) is 0 Å². The Morgan fingerprint density at radius 1 is 0.293 bits per heavy atom. The van der Waals surface area contributed by atoms with Crippen molar-refractivity contribution in [2.45, 2.75) is 5.41 Å². The Labute approximate surface area is 339 Å². The molecule has 0 saturated carbocycles. The molecule has 0 atom stereocenters. The highest BCUT2D eigenvalue weighted by molar-refractivity contribution is 6.01. The van der Waals surface area contributed by atoms with Crippen LogP contribution in [0.25, 0.3) is 54.9 Å². The summed E-state index contributed by atoms with van der Waals surface area (Å²) < 4.78 is 0. The predicted molar refractivity (Wildman–Crippen MR) is 244 cm³/mol. The maximum absolute atomic E-state index is 2.50. The average Bonchev–Trinajstić information content (AvgIpc) is 3.61. The lowest BCUT2D eigenvalue weighted by Gasteiger charge is -2.34. The molecule has 272 valence electrons. The van der Waals surface area contributed by atoms with Gasteiger partial charge < -0.3 is 4.90 Å². The summed E-state index contributed by atoms with van der Waals surface area (Å²) in [6.07, 6.45) is 0. The summed E-state index contributed by atoms with van der Waals surface area (Å²) in [5.41, 5.74) is 15.2. The first kappa shape index (κ1) is 33.8. The van der Waals surface area contributed by atoms with E-state index in [0.717, 1.165) is 17.1 Å². The van der Waals surface area contributed by atoms with E-state index >= 15 is 0 Å². The first-order valence-electron chi connectivity index (χ1n) is 20.1. The number of rotatable bonds is 7. The first-order chi connectivity index (χ1) is 28.8. The third-order valence-electron chi connectivity index (χ3n) is 12.1. The fraction of sp³-hybridized carbons (Fsp3) is 0.0175. The SMILES string of the molecule is c1ccc(C2(c3ccccc3)c3ccccc3-c3c(N(c4ccc5ccccc5c4)c4ccccc4-c4ccc(-c5ccc6ccccc6c5)cc4)cccc32)cc1. The number of anilines is 3. The second-order valence-electron chi connectivity index (χ2n) is 15.3. The minimum absolute atomic E-state index is 0.502. The van der Waals surface area contributed by atoms with Crippen LogP contribution in [0.5, 0.6) is 0 Å². The number of hydrogen-bond donors (Lipinski definition) is 0. The van der Waals surface area contributed by atoms with Gasteiger partial charge in [-0.25, -0.2) is 0 Å². The molecule has 58 heavy (non-hydrogen) atoms. The second-order valence-corrected chi connectivity index (χ2v) is 15.3. The highest BCUT2D eigenvalue weighted by Gasteiger charge is 2.47. The van der Waals surface area contributed by atoms with Gasteiger partial charge >= 0.3 is 0 Å². The third kappa shape index (κ3) is 5.39. The number of hydrogen-bond acceptors (Lipinski definition) is 1. The maximum Gasteiger partial charge on any atom is 0.0714 e. The summed E-state index contributed by atoms with van der Waals surface area (Å²) in [5.74, 6) is 0. The van der Waals surface area contributed by atoms with Crippen LogP contribution in [0.1, 0.15) is 22.3 Å². The van der Waals surface area contributed by atoms with Gasteiger partial charge in [-0.1, -0.05) is 206 Å². The van der Waals surface area contributed by atoms with Crippen molar-refractivity contribution in [2.75, 3.05) is 4.90 Å². The molecule has 1 heteroatoms. The van der Waals surface area contributed by atoms with Crippen LogP contribution in [0.15, 0.2) is 237 Å². The maximum atomic E-state index is 2.50. The molecule has 0 amide bonds. The second kappa shape index (κ2) is 13.9. The topological polar surface area (TPSA) is 3.24 Å². The molecule has 11 rings (SSSR count). The molecule has 0 fully saturated rings. The predicted octanol–water partition coefficient (Wildman–Crippen LogP) is 15.2. The molecular formula is C57H39N. The quantitative estimate of drug-likeness (QED) is 0.157. The molecule has 0 bridgehead atoms. The van der Waals surface area contributed by atoms with Gasteiger partial charge in [0.2, 0.25) is 0 Å². The summed E-state index contributed by atoms with van der Waals surface area (Å²) in [5, 5.41) is 4.93. The average molecular weight is 738 g/mol. The van der Waals surface area contributed by atoms with Crippen LogP contribution in [0.2, 0.25) is 0 Å². The lowest BCUT2D eigenvalue weighted by molar-refractivity contribution is 0.768. The molecule has 0 N–H and O–H groups in total. The van der Waals surface area contributed by atoms with E-state index in [2.05, 4.69) is 241 Å². The van der Waals surface area contributed by atoms with Crippen LogP contribution in [-0.4, -0.2) is 0 Å². The molecular weight excluding hydrogens is 699 g/mol. The van der Waals surface area contributed by atoms with Crippen molar-refractivity contribution < 1.29 is 0 Å². The summed E-state index contributed by atoms with van der Waals surface area (Å²) in [4.78, 5) is 2.50. The fourth-order valence-corrected chi connectivity index (χ4v) is 9.51. The molecule has 0 unspecified atom stereocenters. The molecule has 0 saturated heterocycles. The Kier molecular flexibility index (Phi) is 8.12.